The Morgan fingerprint density at radius 1 is 1.38 bits per heavy atom. The van der Waals surface area contributed by atoms with Crippen molar-refractivity contribution in [1.82, 2.24) is 5.32 Å². The zero-order chi connectivity index (χ0) is 15.2. The molecule has 0 aromatic heterocycles. The van der Waals surface area contributed by atoms with Crippen molar-refractivity contribution in [2.24, 2.45) is 5.92 Å². The molecule has 1 saturated carbocycles. The molecule has 1 aliphatic rings. The molecule has 4 heteroatoms. The van der Waals surface area contributed by atoms with Gasteiger partial charge in [0.15, 0.2) is 0 Å². The van der Waals surface area contributed by atoms with Crippen molar-refractivity contribution in [3.63, 3.8) is 0 Å². The van der Waals surface area contributed by atoms with Crippen molar-refractivity contribution in [3.05, 3.63) is 28.2 Å². The quantitative estimate of drug-likeness (QED) is 0.682. The molecule has 1 fully saturated rings. The third-order valence-electron chi connectivity index (χ3n) is 3.70. The van der Waals surface area contributed by atoms with Crippen LogP contribution in [-0.2, 0) is 11.3 Å². The molecule has 1 aromatic rings. The van der Waals surface area contributed by atoms with E-state index in [1.807, 2.05) is 0 Å². The summed E-state index contributed by atoms with van der Waals surface area (Å²) in [6.45, 7) is 8.25. The van der Waals surface area contributed by atoms with Crippen LogP contribution in [0.3, 0.4) is 0 Å². The molecule has 0 saturated heterocycles. The number of anilines is 1. The van der Waals surface area contributed by atoms with Gasteiger partial charge in [0.25, 0.3) is 0 Å². The molecule has 0 radical (unpaired) electrons. The van der Waals surface area contributed by atoms with Crippen LogP contribution in [0.2, 0.25) is 0 Å². The largest absolute Gasteiger partial charge is 0.383 e. The van der Waals surface area contributed by atoms with E-state index in [0.29, 0.717) is 5.92 Å². The highest BCUT2D eigenvalue weighted by atomic mass is 79.9. The number of nitrogens with zero attached hydrogens (tertiary/aromatic N) is 1. The van der Waals surface area contributed by atoms with Gasteiger partial charge in [0.05, 0.1) is 6.61 Å². The second-order valence-electron chi connectivity index (χ2n) is 6.22. The molecule has 0 unspecified atom stereocenters. The lowest BCUT2D eigenvalue weighted by Gasteiger charge is -2.29. The van der Waals surface area contributed by atoms with Gasteiger partial charge in [-0.1, -0.05) is 29.8 Å². The molecule has 1 aromatic carbocycles. The van der Waals surface area contributed by atoms with Gasteiger partial charge < -0.3 is 15.0 Å². The molecule has 0 atom stereocenters. The van der Waals surface area contributed by atoms with Gasteiger partial charge in [0, 0.05) is 42.9 Å². The Kier molecular flexibility index (Phi) is 6.52. The summed E-state index contributed by atoms with van der Waals surface area (Å²) in [4.78, 5) is 2.60. The summed E-state index contributed by atoms with van der Waals surface area (Å²) in [5.74, 6) is 0.684. The summed E-state index contributed by atoms with van der Waals surface area (Å²) in [6.07, 6.45) is 2.67. The molecule has 0 bridgehead atoms. The predicted octanol–water partition coefficient (Wildman–Crippen LogP) is 3.81. The van der Waals surface area contributed by atoms with Crippen molar-refractivity contribution in [1.29, 1.82) is 0 Å². The number of rotatable bonds is 9. The maximum Gasteiger partial charge on any atom is 0.0587 e. The lowest BCUT2D eigenvalue weighted by atomic mass is 10.1. The molecule has 3 nitrogen and oxygen atoms in total. The number of nitrogens with one attached hydrogen (secondary N) is 1. The SMILES string of the molecule is COCCNCc1cc(Br)ccc1N(CC(C)C)C1CC1. The third-order valence-corrected chi connectivity index (χ3v) is 4.19. The Labute approximate surface area is 137 Å². The van der Waals surface area contributed by atoms with Gasteiger partial charge in [-0.05, 0) is 42.5 Å². The van der Waals surface area contributed by atoms with E-state index in [1.165, 1.54) is 24.1 Å². The summed E-state index contributed by atoms with van der Waals surface area (Å²) >= 11 is 3.60. The summed E-state index contributed by atoms with van der Waals surface area (Å²) in [7, 11) is 1.74. The van der Waals surface area contributed by atoms with E-state index in [0.717, 1.165) is 36.8 Å². The second kappa shape index (κ2) is 8.16. The van der Waals surface area contributed by atoms with Crippen molar-refractivity contribution in [3.8, 4) is 0 Å². The predicted molar refractivity (Wildman–Crippen MR) is 92.9 cm³/mol. The molecule has 0 aliphatic heterocycles. The minimum atomic E-state index is 0.684. The maximum absolute atomic E-state index is 5.10. The molecule has 0 heterocycles. The summed E-state index contributed by atoms with van der Waals surface area (Å²) in [5.41, 5.74) is 2.76. The minimum absolute atomic E-state index is 0.684. The summed E-state index contributed by atoms with van der Waals surface area (Å²) in [5, 5.41) is 3.47. The average Bonchev–Trinajstić information content (AvgIpc) is 3.26. The van der Waals surface area contributed by atoms with Gasteiger partial charge in [-0.25, -0.2) is 0 Å². The maximum atomic E-state index is 5.10. The number of hydrogen-bond donors (Lipinski definition) is 1. The Morgan fingerprint density at radius 3 is 2.76 bits per heavy atom. The zero-order valence-electron chi connectivity index (χ0n) is 13.4. The van der Waals surface area contributed by atoms with E-state index < -0.39 is 0 Å². The van der Waals surface area contributed by atoms with Crippen LogP contribution in [0, 0.1) is 5.92 Å². The van der Waals surface area contributed by atoms with E-state index in [1.54, 1.807) is 7.11 Å². The standard InChI is InChI=1S/C17H27BrN2O/c1-13(2)12-20(16-5-6-16)17-7-4-15(18)10-14(17)11-19-8-9-21-3/h4,7,10,13,16,19H,5-6,8-9,11-12H2,1-3H3. The minimum Gasteiger partial charge on any atom is -0.383 e. The molecular formula is C17H27BrN2O. The van der Waals surface area contributed by atoms with Crippen molar-refractivity contribution in [2.45, 2.75) is 39.3 Å². The van der Waals surface area contributed by atoms with E-state index in [9.17, 15) is 0 Å². The van der Waals surface area contributed by atoms with Crippen LogP contribution < -0.4 is 10.2 Å². The second-order valence-corrected chi connectivity index (χ2v) is 7.14. The van der Waals surface area contributed by atoms with Gasteiger partial charge in [0.2, 0.25) is 0 Å². The molecule has 21 heavy (non-hydrogen) atoms. The van der Waals surface area contributed by atoms with E-state index in [4.69, 9.17) is 4.74 Å². The lowest BCUT2D eigenvalue weighted by Crippen LogP contribution is -2.31. The van der Waals surface area contributed by atoms with Crippen LogP contribution in [-0.4, -0.2) is 32.8 Å². The zero-order valence-corrected chi connectivity index (χ0v) is 14.9. The van der Waals surface area contributed by atoms with Crippen molar-refractivity contribution >= 4 is 21.6 Å². The fraction of sp³-hybridized carbons (Fsp3) is 0.647. The Morgan fingerprint density at radius 2 is 2.14 bits per heavy atom. The molecule has 1 aliphatic carbocycles. The first-order chi connectivity index (χ1) is 10.1. The van der Waals surface area contributed by atoms with Crippen LogP contribution in [0.1, 0.15) is 32.3 Å². The Balaban J connectivity index is 2.12. The van der Waals surface area contributed by atoms with E-state index in [-0.39, 0.29) is 0 Å². The third kappa shape index (κ3) is 5.28. The Bertz CT molecular complexity index is 446. The summed E-state index contributed by atoms with van der Waals surface area (Å²) < 4.78 is 6.25. The fourth-order valence-corrected chi connectivity index (χ4v) is 3.01. The number of methoxy groups -OCH3 is 1. The highest BCUT2D eigenvalue weighted by Gasteiger charge is 2.30. The first kappa shape index (κ1) is 16.8. The van der Waals surface area contributed by atoms with Crippen LogP contribution >= 0.6 is 15.9 Å². The lowest BCUT2D eigenvalue weighted by molar-refractivity contribution is 0.199. The van der Waals surface area contributed by atoms with Crippen LogP contribution in [0.25, 0.3) is 0 Å². The fourth-order valence-electron chi connectivity index (χ4n) is 2.60. The first-order valence-corrected chi connectivity index (χ1v) is 8.66. The molecule has 1 N–H and O–H groups in total. The molecule has 0 spiro atoms. The van der Waals surface area contributed by atoms with E-state index >= 15 is 0 Å². The van der Waals surface area contributed by atoms with E-state index in [2.05, 4.69) is 58.2 Å². The van der Waals surface area contributed by atoms with Crippen molar-refractivity contribution < 1.29 is 4.74 Å². The van der Waals surface area contributed by atoms with Gasteiger partial charge in [0.1, 0.15) is 0 Å². The number of hydrogen-bond acceptors (Lipinski definition) is 3. The smallest absolute Gasteiger partial charge is 0.0587 e. The first-order valence-electron chi connectivity index (χ1n) is 7.86. The average molecular weight is 355 g/mol. The van der Waals surface area contributed by atoms with Crippen LogP contribution in [0.5, 0.6) is 0 Å². The molecule has 0 amide bonds. The van der Waals surface area contributed by atoms with Gasteiger partial charge in [-0.3, -0.25) is 0 Å². The highest BCUT2D eigenvalue weighted by Crippen LogP contribution is 2.35. The van der Waals surface area contributed by atoms with Gasteiger partial charge in [-0.2, -0.15) is 0 Å². The topological polar surface area (TPSA) is 24.5 Å². The monoisotopic (exact) mass is 354 g/mol. The summed E-state index contributed by atoms with van der Waals surface area (Å²) in [6, 6.07) is 7.40. The van der Waals surface area contributed by atoms with Crippen LogP contribution in [0.4, 0.5) is 5.69 Å². The molecular weight excluding hydrogens is 328 g/mol. The van der Waals surface area contributed by atoms with Gasteiger partial charge >= 0.3 is 0 Å². The number of ether oxygens (including phenoxy) is 1. The molecule has 118 valence electrons. The number of benzene rings is 1. The number of halogens is 1. The van der Waals surface area contributed by atoms with Crippen LogP contribution in [0.15, 0.2) is 22.7 Å². The van der Waals surface area contributed by atoms with Crippen molar-refractivity contribution in [2.75, 3.05) is 31.7 Å². The molecule has 2 rings (SSSR count). The highest BCUT2D eigenvalue weighted by molar-refractivity contribution is 9.10. The van der Waals surface area contributed by atoms with Gasteiger partial charge in [-0.15, -0.1) is 0 Å². The Hall–Kier alpha value is -0.580. The normalized spacial score (nSPS) is 14.7.